The molecule has 0 aliphatic rings. The Kier molecular flexibility index (Phi) is 5.00. The maximum Gasteiger partial charge on any atom is 0.257 e. The molecule has 0 aliphatic heterocycles. The minimum Gasteiger partial charge on any atom is -0.506 e. The molecular formula is C19H15BrN2O3. The van der Waals surface area contributed by atoms with Gasteiger partial charge in [0.1, 0.15) is 11.5 Å². The van der Waals surface area contributed by atoms with Gasteiger partial charge in [0.25, 0.3) is 5.91 Å². The molecule has 1 aromatic heterocycles. The molecule has 3 rings (SSSR count). The fraction of sp³-hybridized carbons (Fsp3) is 0.0526. The third-order valence-electron chi connectivity index (χ3n) is 3.42. The van der Waals surface area contributed by atoms with Gasteiger partial charge in [0.05, 0.1) is 11.3 Å². The minimum absolute atomic E-state index is 0.0240. The summed E-state index contributed by atoms with van der Waals surface area (Å²) in [5.41, 5.74) is 1.62. The normalized spacial score (nSPS) is 10.3. The lowest BCUT2D eigenvalue weighted by molar-refractivity contribution is 0.102. The molecule has 0 fully saturated rings. The zero-order chi connectivity index (χ0) is 17.8. The highest BCUT2D eigenvalue weighted by atomic mass is 79.9. The fourth-order valence-electron chi connectivity index (χ4n) is 2.17. The SMILES string of the molecule is Cc1ccc(NC(=O)c2ccc(Oc3cccc(Br)c3)nc2)c(O)c1. The van der Waals surface area contributed by atoms with Crippen molar-refractivity contribution in [3.8, 4) is 17.4 Å². The summed E-state index contributed by atoms with van der Waals surface area (Å²) in [5.74, 6) is 0.688. The summed E-state index contributed by atoms with van der Waals surface area (Å²) >= 11 is 3.37. The molecule has 0 aliphatic carbocycles. The number of carbonyl (C=O) groups is 1. The van der Waals surface area contributed by atoms with Crippen LogP contribution in [-0.4, -0.2) is 16.0 Å². The molecule has 0 atom stereocenters. The van der Waals surface area contributed by atoms with Gasteiger partial charge in [-0.15, -0.1) is 0 Å². The smallest absolute Gasteiger partial charge is 0.257 e. The molecule has 0 bridgehead atoms. The Morgan fingerprint density at radius 3 is 2.68 bits per heavy atom. The third kappa shape index (κ3) is 4.36. The lowest BCUT2D eigenvalue weighted by Gasteiger charge is -2.09. The van der Waals surface area contributed by atoms with Crippen LogP contribution in [0.5, 0.6) is 17.4 Å². The van der Waals surface area contributed by atoms with Crippen molar-refractivity contribution in [2.45, 2.75) is 6.92 Å². The molecule has 0 spiro atoms. The molecule has 0 saturated heterocycles. The number of hydrogen-bond donors (Lipinski definition) is 2. The van der Waals surface area contributed by atoms with Crippen molar-refractivity contribution < 1.29 is 14.6 Å². The predicted octanol–water partition coefficient (Wildman–Crippen LogP) is 4.90. The van der Waals surface area contributed by atoms with Gasteiger partial charge in [-0.05, 0) is 48.9 Å². The van der Waals surface area contributed by atoms with Crippen molar-refractivity contribution in [1.82, 2.24) is 4.98 Å². The molecule has 25 heavy (non-hydrogen) atoms. The average molecular weight is 399 g/mol. The maximum atomic E-state index is 12.3. The largest absolute Gasteiger partial charge is 0.506 e. The number of phenols is 1. The van der Waals surface area contributed by atoms with E-state index in [2.05, 4.69) is 26.2 Å². The number of aryl methyl sites for hydroxylation is 1. The van der Waals surface area contributed by atoms with Crippen LogP contribution in [0.2, 0.25) is 0 Å². The first kappa shape index (κ1) is 17.0. The van der Waals surface area contributed by atoms with E-state index >= 15 is 0 Å². The first-order valence-corrected chi connectivity index (χ1v) is 8.31. The van der Waals surface area contributed by atoms with E-state index in [0.717, 1.165) is 10.0 Å². The molecule has 2 aromatic carbocycles. The summed E-state index contributed by atoms with van der Waals surface area (Å²) in [4.78, 5) is 16.4. The summed E-state index contributed by atoms with van der Waals surface area (Å²) in [6.07, 6.45) is 1.42. The van der Waals surface area contributed by atoms with Gasteiger partial charge in [-0.2, -0.15) is 0 Å². The number of nitrogens with one attached hydrogen (secondary N) is 1. The summed E-state index contributed by atoms with van der Waals surface area (Å²) < 4.78 is 6.53. The molecular weight excluding hydrogens is 384 g/mol. The number of aromatic hydroxyl groups is 1. The van der Waals surface area contributed by atoms with Crippen molar-refractivity contribution in [2.75, 3.05) is 5.32 Å². The van der Waals surface area contributed by atoms with Crippen LogP contribution in [0.1, 0.15) is 15.9 Å². The Bertz CT molecular complexity index is 911. The van der Waals surface area contributed by atoms with E-state index in [9.17, 15) is 9.90 Å². The van der Waals surface area contributed by atoms with Crippen LogP contribution >= 0.6 is 15.9 Å². The number of rotatable bonds is 4. The Labute approximate surface area is 153 Å². The predicted molar refractivity (Wildman–Crippen MR) is 99.3 cm³/mol. The van der Waals surface area contributed by atoms with Gasteiger partial charge in [-0.25, -0.2) is 4.98 Å². The lowest BCUT2D eigenvalue weighted by atomic mass is 10.2. The van der Waals surface area contributed by atoms with E-state index in [1.54, 1.807) is 24.3 Å². The number of aromatic nitrogens is 1. The number of carbonyl (C=O) groups excluding carboxylic acids is 1. The molecule has 2 N–H and O–H groups in total. The van der Waals surface area contributed by atoms with E-state index in [-0.39, 0.29) is 11.7 Å². The van der Waals surface area contributed by atoms with Crippen LogP contribution < -0.4 is 10.1 Å². The van der Waals surface area contributed by atoms with Gasteiger partial charge in [0, 0.05) is 16.7 Å². The Morgan fingerprint density at radius 2 is 2.00 bits per heavy atom. The molecule has 126 valence electrons. The van der Waals surface area contributed by atoms with E-state index in [1.807, 2.05) is 37.3 Å². The first-order valence-electron chi connectivity index (χ1n) is 7.52. The van der Waals surface area contributed by atoms with E-state index in [1.165, 1.54) is 6.20 Å². The number of anilines is 1. The molecule has 0 unspecified atom stereocenters. The molecule has 3 aromatic rings. The Morgan fingerprint density at radius 1 is 1.16 bits per heavy atom. The lowest BCUT2D eigenvalue weighted by Crippen LogP contribution is -2.12. The van der Waals surface area contributed by atoms with Crippen molar-refractivity contribution >= 4 is 27.5 Å². The van der Waals surface area contributed by atoms with Crippen molar-refractivity contribution in [3.63, 3.8) is 0 Å². The van der Waals surface area contributed by atoms with Crippen LogP contribution in [0, 0.1) is 6.92 Å². The number of amides is 1. The van der Waals surface area contributed by atoms with E-state index < -0.39 is 0 Å². The van der Waals surface area contributed by atoms with Crippen molar-refractivity contribution in [3.05, 3.63) is 76.4 Å². The second kappa shape index (κ2) is 7.36. The van der Waals surface area contributed by atoms with Gasteiger partial charge in [0.2, 0.25) is 5.88 Å². The summed E-state index contributed by atoms with van der Waals surface area (Å²) in [6, 6.07) is 15.7. The topological polar surface area (TPSA) is 71.5 Å². The first-order chi connectivity index (χ1) is 12.0. The summed E-state index contributed by atoms with van der Waals surface area (Å²) in [6.45, 7) is 1.86. The number of ether oxygens (including phenoxy) is 1. The highest BCUT2D eigenvalue weighted by Crippen LogP contribution is 2.25. The summed E-state index contributed by atoms with van der Waals surface area (Å²) in [5, 5.41) is 12.5. The molecule has 1 amide bonds. The average Bonchev–Trinajstić information content (AvgIpc) is 2.58. The second-order valence-corrected chi connectivity index (χ2v) is 6.33. The van der Waals surface area contributed by atoms with Crippen molar-refractivity contribution in [1.29, 1.82) is 0 Å². The van der Waals surface area contributed by atoms with Gasteiger partial charge in [-0.3, -0.25) is 4.79 Å². The van der Waals surface area contributed by atoms with Crippen LogP contribution in [0.3, 0.4) is 0 Å². The monoisotopic (exact) mass is 398 g/mol. The van der Waals surface area contributed by atoms with Gasteiger partial charge < -0.3 is 15.2 Å². The zero-order valence-electron chi connectivity index (χ0n) is 13.4. The number of phenolic OH excluding ortho intramolecular Hbond substituents is 1. The van der Waals surface area contributed by atoms with Crippen LogP contribution in [0.25, 0.3) is 0 Å². The molecule has 1 heterocycles. The Hall–Kier alpha value is -2.86. The van der Waals surface area contributed by atoms with E-state index in [4.69, 9.17) is 4.74 Å². The number of benzene rings is 2. The van der Waals surface area contributed by atoms with Gasteiger partial charge >= 0.3 is 0 Å². The maximum absolute atomic E-state index is 12.3. The third-order valence-corrected chi connectivity index (χ3v) is 3.91. The van der Waals surface area contributed by atoms with Crippen LogP contribution in [0.4, 0.5) is 5.69 Å². The highest BCUT2D eigenvalue weighted by Gasteiger charge is 2.10. The standard InChI is InChI=1S/C19H15BrN2O3/c1-12-5-7-16(17(23)9-12)22-19(24)13-6-8-18(21-11-13)25-15-4-2-3-14(20)10-15/h2-11,23H,1H3,(H,22,24). The number of pyridine rings is 1. The quantitative estimate of drug-likeness (QED) is 0.612. The summed E-state index contributed by atoms with van der Waals surface area (Å²) in [7, 11) is 0. The molecule has 6 heteroatoms. The number of hydrogen-bond acceptors (Lipinski definition) is 4. The number of halogens is 1. The van der Waals surface area contributed by atoms with E-state index in [0.29, 0.717) is 22.9 Å². The number of nitrogens with zero attached hydrogens (tertiary/aromatic N) is 1. The highest BCUT2D eigenvalue weighted by molar-refractivity contribution is 9.10. The van der Waals surface area contributed by atoms with Crippen LogP contribution in [-0.2, 0) is 0 Å². The minimum atomic E-state index is -0.361. The van der Waals surface area contributed by atoms with Crippen molar-refractivity contribution in [2.24, 2.45) is 0 Å². The fourth-order valence-corrected chi connectivity index (χ4v) is 2.55. The molecule has 5 nitrogen and oxygen atoms in total. The van der Waals surface area contributed by atoms with Crippen LogP contribution in [0.15, 0.2) is 65.3 Å². The Balaban J connectivity index is 1.70. The zero-order valence-corrected chi connectivity index (χ0v) is 14.9. The van der Waals surface area contributed by atoms with Gasteiger partial charge in [-0.1, -0.05) is 28.1 Å². The molecule has 0 saturated carbocycles. The second-order valence-electron chi connectivity index (χ2n) is 5.42. The molecule has 0 radical (unpaired) electrons. The van der Waals surface area contributed by atoms with Gasteiger partial charge in [0.15, 0.2) is 0 Å².